The van der Waals surface area contributed by atoms with Gasteiger partial charge >= 0.3 is 0 Å². The standard InChI is InChI=1S/C20H21N5O3/c1-23(2)13-12-21-20(26)18-14-22-24(19(18)15-6-4-3-5-7-15)16-8-10-17(11-9-16)25(27)28/h3-11,14H,12-13H2,1-2H3,(H,21,26). The van der Waals surface area contributed by atoms with Crippen LogP contribution in [-0.2, 0) is 0 Å². The average Bonchev–Trinajstić information content (AvgIpc) is 3.13. The normalized spacial score (nSPS) is 10.8. The molecule has 0 aliphatic carbocycles. The van der Waals surface area contributed by atoms with Crippen LogP contribution in [0.1, 0.15) is 10.4 Å². The van der Waals surface area contributed by atoms with E-state index < -0.39 is 4.92 Å². The van der Waals surface area contributed by atoms with Crippen molar-refractivity contribution < 1.29 is 9.72 Å². The average molecular weight is 379 g/mol. The molecule has 0 aliphatic heterocycles. The van der Waals surface area contributed by atoms with Crippen molar-refractivity contribution in [2.75, 3.05) is 27.2 Å². The maximum atomic E-state index is 12.7. The van der Waals surface area contributed by atoms with Gasteiger partial charge in [0.2, 0.25) is 0 Å². The first kappa shape index (κ1) is 19.2. The Morgan fingerprint density at radius 1 is 1.14 bits per heavy atom. The lowest BCUT2D eigenvalue weighted by molar-refractivity contribution is -0.384. The Balaban J connectivity index is 2.00. The van der Waals surface area contributed by atoms with Crippen LogP contribution in [0.3, 0.4) is 0 Å². The maximum Gasteiger partial charge on any atom is 0.269 e. The Bertz CT molecular complexity index is 965. The maximum absolute atomic E-state index is 12.7. The second-order valence-corrected chi connectivity index (χ2v) is 6.52. The van der Waals surface area contributed by atoms with Gasteiger partial charge in [-0.05, 0) is 26.2 Å². The second-order valence-electron chi connectivity index (χ2n) is 6.52. The molecule has 1 heterocycles. The van der Waals surface area contributed by atoms with Gasteiger partial charge in [0, 0.05) is 30.8 Å². The molecule has 8 nitrogen and oxygen atoms in total. The van der Waals surface area contributed by atoms with Crippen LogP contribution in [0, 0.1) is 10.1 Å². The van der Waals surface area contributed by atoms with Gasteiger partial charge in [-0.3, -0.25) is 14.9 Å². The number of non-ortho nitro benzene ring substituents is 1. The molecule has 0 atom stereocenters. The fraction of sp³-hybridized carbons (Fsp3) is 0.200. The number of nitro groups is 1. The molecule has 3 aromatic rings. The van der Waals surface area contributed by atoms with Crippen LogP contribution in [0.2, 0.25) is 0 Å². The van der Waals surface area contributed by atoms with Crippen molar-refractivity contribution in [1.82, 2.24) is 20.0 Å². The first-order valence-electron chi connectivity index (χ1n) is 8.78. The fourth-order valence-electron chi connectivity index (χ4n) is 2.79. The molecule has 8 heteroatoms. The third-order valence-corrected chi connectivity index (χ3v) is 4.21. The molecule has 3 rings (SSSR count). The highest BCUT2D eigenvalue weighted by Crippen LogP contribution is 2.27. The summed E-state index contributed by atoms with van der Waals surface area (Å²) in [5.74, 6) is -0.214. The van der Waals surface area contributed by atoms with Gasteiger partial charge in [-0.25, -0.2) is 4.68 Å². The molecule has 144 valence electrons. The Morgan fingerprint density at radius 3 is 2.43 bits per heavy atom. The molecule has 2 aromatic carbocycles. The molecule has 0 saturated heterocycles. The topological polar surface area (TPSA) is 93.3 Å². The second kappa shape index (κ2) is 8.45. The first-order valence-corrected chi connectivity index (χ1v) is 8.78. The van der Waals surface area contributed by atoms with Crippen LogP contribution in [0.25, 0.3) is 16.9 Å². The first-order chi connectivity index (χ1) is 13.5. The molecule has 0 radical (unpaired) electrons. The monoisotopic (exact) mass is 379 g/mol. The van der Waals surface area contributed by atoms with Gasteiger partial charge in [-0.2, -0.15) is 5.10 Å². The van der Waals surface area contributed by atoms with Gasteiger partial charge in [0.25, 0.3) is 11.6 Å². The zero-order valence-corrected chi connectivity index (χ0v) is 15.7. The van der Waals surface area contributed by atoms with E-state index in [1.807, 2.05) is 49.3 Å². The molecule has 1 N–H and O–H groups in total. The minimum Gasteiger partial charge on any atom is -0.351 e. The van der Waals surface area contributed by atoms with Crippen molar-refractivity contribution in [3.05, 3.63) is 76.5 Å². The lowest BCUT2D eigenvalue weighted by Gasteiger charge is -2.12. The third kappa shape index (κ3) is 4.24. The van der Waals surface area contributed by atoms with E-state index in [9.17, 15) is 14.9 Å². The van der Waals surface area contributed by atoms with Crippen LogP contribution in [0.15, 0.2) is 60.8 Å². The van der Waals surface area contributed by atoms with Crippen molar-refractivity contribution in [3.63, 3.8) is 0 Å². The van der Waals surface area contributed by atoms with Crippen molar-refractivity contribution in [3.8, 4) is 16.9 Å². The summed E-state index contributed by atoms with van der Waals surface area (Å²) in [4.78, 5) is 25.2. The number of benzene rings is 2. The van der Waals surface area contributed by atoms with Crippen LogP contribution < -0.4 is 5.32 Å². The SMILES string of the molecule is CN(C)CCNC(=O)c1cnn(-c2ccc([N+](=O)[O-])cc2)c1-c1ccccc1. The van der Waals surface area contributed by atoms with E-state index in [0.717, 1.165) is 12.1 Å². The number of nitro benzene ring substituents is 1. The number of aromatic nitrogens is 2. The molecule has 1 aromatic heterocycles. The number of carbonyl (C=O) groups excluding carboxylic acids is 1. The highest BCUT2D eigenvalue weighted by molar-refractivity contribution is 6.00. The predicted octanol–water partition coefficient (Wildman–Crippen LogP) is 2.74. The van der Waals surface area contributed by atoms with Gasteiger partial charge < -0.3 is 10.2 Å². The summed E-state index contributed by atoms with van der Waals surface area (Å²) < 4.78 is 1.62. The minimum atomic E-state index is -0.450. The van der Waals surface area contributed by atoms with E-state index in [0.29, 0.717) is 23.5 Å². The number of hydrogen-bond acceptors (Lipinski definition) is 5. The third-order valence-electron chi connectivity index (χ3n) is 4.21. The number of rotatable bonds is 7. The quantitative estimate of drug-likeness (QED) is 0.503. The van der Waals surface area contributed by atoms with Gasteiger partial charge in [-0.15, -0.1) is 0 Å². The Hall–Kier alpha value is -3.52. The zero-order chi connectivity index (χ0) is 20.1. The molecular weight excluding hydrogens is 358 g/mol. The zero-order valence-electron chi connectivity index (χ0n) is 15.7. The molecule has 0 unspecified atom stereocenters. The van der Waals surface area contributed by atoms with E-state index in [2.05, 4.69) is 10.4 Å². The van der Waals surface area contributed by atoms with E-state index in [4.69, 9.17) is 0 Å². The molecule has 0 fully saturated rings. The molecule has 1 amide bonds. The lowest BCUT2D eigenvalue weighted by Crippen LogP contribution is -2.31. The van der Waals surface area contributed by atoms with E-state index in [1.54, 1.807) is 16.8 Å². The fourth-order valence-corrected chi connectivity index (χ4v) is 2.79. The highest BCUT2D eigenvalue weighted by atomic mass is 16.6. The molecule has 0 aliphatic rings. The predicted molar refractivity (Wildman–Crippen MR) is 107 cm³/mol. The molecular formula is C20H21N5O3. The van der Waals surface area contributed by atoms with Crippen molar-refractivity contribution in [1.29, 1.82) is 0 Å². The Labute approximate surface area is 162 Å². The van der Waals surface area contributed by atoms with E-state index in [1.165, 1.54) is 18.3 Å². The molecule has 0 spiro atoms. The van der Waals surface area contributed by atoms with Gasteiger partial charge in [0.15, 0.2) is 0 Å². The number of hydrogen-bond donors (Lipinski definition) is 1. The number of amides is 1. The number of likely N-dealkylation sites (N-methyl/N-ethyl adjacent to an activating group) is 1. The van der Waals surface area contributed by atoms with Gasteiger partial charge in [-0.1, -0.05) is 30.3 Å². The summed E-state index contributed by atoms with van der Waals surface area (Å²) in [5, 5.41) is 18.2. The van der Waals surface area contributed by atoms with Crippen molar-refractivity contribution in [2.24, 2.45) is 0 Å². The molecule has 28 heavy (non-hydrogen) atoms. The Kier molecular flexibility index (Phi) is 5.81. The van der Waals surface area contributed by atoms with Crippen LogP contribution in [0.5, 0.6) is 0 Å². The number of nitrogens with one attached hydrogen (secondary N) is 1. The number of carbonyl (C=O) groups is 1. The Morgan fingerprint density at radius 2 is 1.82 bits per heavy atom. The smallest absolute Gasteiger partial charge is 0.269 e. The summed E-state index contributed by atoms with van der Waals surface area (Å²) in [6, 6.07) is 15.5. The minimum absolute atomic E-state index is 0.00109. The van der Waals surface area contributed by atoms with Crippen molar-refractivity contribution in [2.45, 2.75) is 0 Å². The van der Waals surface area contributed by atoms with Crippen LogP contribution in [-0.4, -0.2) is 52.7 Å². The summed E-state index contributed by atoms with van der Waals surface area (Å²) >= 11 is 0. The van der Waals surface area contributed by atoms with Crippen LogP contribution >= 0.6 is 0 Å². The van der Waals surface area contributed by atoms with Crippen LogP contribution in [0.4, 0.5) is 5.69 Å². The summed E-state index contributed by atoms with van der Waals surface area (Å²) in [5.41, 5.74) is 2.55. The van der Waals surface area contributed by atoms with Crippen molar-refractivity contribution >= 4 is 11.6 Å². The molecule has 0 bridgehead atoms. The summed E-state index contributed by atoms with van der Waals surface area (Å²) in [6.45, 7) is 1.24. The highest BCUT2D eigenvalue weighted by Gasteiger charge is 2.20. The molecule has 0 saturated carbocycles. The lowest BCUT2D eigenvalue weighted by atomic mass is 10.1. The summed E-state index contributed by atoms with van der Waals surface area (Å²) in [6.07, 6.45) is 1.52. The van der Waals surface area contributed by atoms with Gasteiger partial charge in [0.1, 0.15) is 0 Å². The van der Waals surface area contributed by atoms with E-state index in [-0.39, 0.29) is 11.6 Å². The van der Waals surface area contributed by atoms with Gasteiger partial charge in [0.05, 0.1) is 28.1 Å². The summed E-state index contributed by atoms with van der Waals surface area (Å²) in [7, 11) is 3.88. The van der Waals surface area contributed by atoms with E-state index >= 15 is 0 Å². The largest absolute Gasteiger partial charge is 0.351 e. The number of nitrogens with zero attached hydrogens (tertiary/aromatic N) is 4.